The van der Waals surface area contributed by atoms with Crippen molar-refractivity contribution in [1.29, 1.82) is 0 Å². The normalized spacial score (nSPS) is 18.4. The molecule has 5 nitrogen and oxygen atoms in total. The quantitative estimate of drug-likeness (QED) is 0.522. The van der Waals surface area contributed by atoms with Gasteiger partial charge >= 0.3 is 0 Å². The van der Waals surface area contributed by atoms with E-state index in [-0.39, 0.29) is 11.2 Å². The topological polar surface area (TPSA) is 52.8 Å². The number of rotatable bonds is 3. The summed E-state index contributed by atoms with van der Waals surface area (Å²) in [6, 6.07) is 3.63. The van der Waals surface area contributed by atoms with Crippen molar-refractivity contribution in [2.45, 2.75) is 31.9 Å². The van der Waals surface area contributed by atoms with Gasteiger partial charge in [-0.25, -0.2) is 13.5 Å². The van der Waals surface area contributed by atoms with Gasteiger partial charge in [-0.15, -0.1) is 10.2 Å². The first kappa shape index (κ1) is 17.3. The van der Waals surface area contributed by atoms with E-state index in [2.05, 4.69) is 31.2 Å². The molecule has 1 aromatic carbocycles. The second-order valence-electron chi connectivity index (χ2n) is 5.64. The lowest BCUT2D eigenvalue weighted by Crippen LogP contribution is -2.19. The maximum absolute atomic E-state index is 12.9. The van der Waals surface area contributed by atoms with Crippen LogP contribution in [0.4, 0.5) is 8.78 Å². The van der Waals surface area contributed by atoms with Crippen LogP contribution in [0.25, 0.3) is 21.6 Å². The highest BCUT2D eigenvalue weighted by Crippen LogP contribution is 2.39. The maximum atomic E-state index is 12.9. The molecule has 1 unspecified atom stereocenters. The first-order chi connectivity index (χ1) is 12.0. The molecule has 0 spiro atoms. The number of aromatic nitrogens is 4. The fraction of sp³-hybridized carbons (Fsp3) is 0.400. The third kappa shape index (κ3) is 3.18. The Bertz CT molecular complexity index is 926. The average Bonchev–Trinajstić information content (AvgIpc) is 3.20. The van der Waals surface area contributed by atoms with Crippen LogP contribution in [0.5, 0.6) is 0 Å². The smallest absolute Gasteiger partial charge is 0.291 e. The van der Waals surface area contributed by atoms with Gasteiger partial charge in [-0.2, -0.15) is 5.10 Å². The largest absolute Gasteiger partial charge is 0.356 e. The molecule has 0 amide bonds. The fourth-order valence-corrected chi connectivity index (χ4v) is 4.49. The number of alkyl halides is 2. The summed E-state index contributed by atoms with van der Waals surface area (Å²) < 4.78 is 34.1. The Morgan fingerprint density at radius 1 is 1.32 bits per heavy atom. The van der Waals surface area contributed by atoms with Gasteiger partial charge in [0.25, 0.3) is 6.43 Å². The van der Waals surface area contributed by atoms with Crippen molar-refractivity contribution >= 4 is 49.8 Å². The van der Waals surface area contributed by atoms with Crippen LogP contribution < -0.4 is 0 Å². The Kier molecular flexibility index (Phi) is 4.74. The van der Waals surface area contributed by atoms with Gasteiger partial charge in [-0.1, -0.05) is 38.9 Å². The van der Waals surface area contributed by atoms with E-state index in [1.807, 2.05) is 6.07 Å². The monoisotopic (exact) mass is 448 g/mol. The van der Waals surface area contributed by atoms with Crippen LogP contribution in [0.1, 0.15) is 36.9 Å². The van der Waals surface area contributed by atoms with E-state index in [9.17, 15) is 8.78 Å². The van der Waals surface area contributed by atoms with Crippen LogP contribution in [0.2, 0.25) is 5.02 Å². The minimum absolute atomic E-state index is 0.230. The second kappa shape index (κ2) is 6.86. The van der Waals surface area contributed by atoms with Crippen LogP contribution in [0.3, 0.4) is 0 Å². The van der Waals surface area contributed by atoms with Crippen molar-refractivity contribution in [2.24, 2.45) is 0 Å². The Morgan fingerprint density at radius 3 is 2.84 bits per heavy atom. The number of hydrogen-bond donors (Lipinski definition) is 0. The number of benzene rings is 1. The summed E-state index contributed by atoms with van der Waals surface area (Å²) in [5.41, 5.74) is 1.19. The summed E-state index contributed by atoms with van der Waals surface area (Å²) in [7, 11) is 0. The Morgan fingerprint density at radius 2 is 2.16 bits per heavy atom. The van der Waals surface area contributed by atoms with Crippen LogP contribution >= 0.6 is 38.9 Å². The molecule has 0 radical (unpaired) electrons. The third-order valence-corrected chi connectivity index (χ3v) is 5.66. The van der Waals surface area contributed by atoms with Crippen molar-refractivity contribution in [3.8, 4) is 10.7 Å². The summed E-state index contributed by atoms with van der Waals surface area (Å²) in [4.78, 5) is 0. The lowest BCUT2D eigenvalue weighted by atomic mass is 10.1. The molecule has 10 heteroatoms. The fourth-order valence-electron chi connectivity index (χ4n) is 2.89. The van der Waals surface area contributed by atoms with E-state index in [0.29, 0.717) is 27.8 Å². The lowest BCUT2D eigenvalue weighted by molar-refractivity contribution is -0.0365. The summed E-state index contributed by atoms with van der Waals surface area (Å²) in [6.07, 6.45) is -0.0244. The Labute approximate surface area is 159 Å². The van der Waals surface area contributed by atoms with Gasteiger partial charge < -0.3 is 4.74 Å². The van der Waals surface area contributed by atoms with Crippen molar-refractivity contribution in [3.05, 3.63) is 26.6 Å². The van der Waals surface area contributed by atoms with Crippen LogP contribution in [-0.2, 0) is 4.74 Å². The van der Waals surface area contributed by atoms with E-state index in [1.165, 1.54) is 0 Å². The molecule has 1 fully saturated rings. The maximum Gasteiger partial charge on any atom is 0.291 e. The molecule has 1 aliphatic heterocycles. The molecule has 3 aromatic rings. The lowest BCUT2D eigenvalue weighted by Gasteiger charge is -2.23. The Hall–Kier alpha value is -1.16. The van der Waals surface area contributed by atoms with E-state index in [1.54, 1.807) is 10.7 Å². The Balaban J connectivity index is 1.91. The van der Waals surface area contributed by atoms with Crippen molar-refractivity contribution < 1.29 is 13.5 Å². The van der Waals surface area contributed by atoms with Gasteiger partial charge in [-0.05, 0) is 31.4 Å². The van der Waals surface area contributed by atoms with Gasteiger partial charge in [0.2, 0.25) is 0 Å². The summed E-state index contributed by atoms with van der Waals surface area (Å²) in [5, 5.41) is 13.3. The first-order valence-corrected chi connectivity index (χ1v) is 9.64. The van der Waals surface area contributed by atoms with Gasteiger partial charge in [-0.3, -0.25) is 0 Å². The summed E-state index contributed by atoms with van der Waals surface area (Å²) in [6.45, 7) is 0.657. The highest BCUT2D eigenvalue weighted by atomic mass is 79.9. The van der Waals surface area contributed by atoms with E-state index in [4.69, 9.17) is 16.3 Å². The summed E-state index contributed by atoms with van der Waals surface area (Å²) in [5.74, 6) is 0. The predicted molar refractivity (Wildman–Crippen MR) is 95.1 cm³/mol. The number of fused-ring (bicyclic) bond motifs is 1. The number of hydrogen-bond acceptors (Lipinski definition) is 5. The molecule has 4 rings (SSSR count). The first-order valence-electron chi connectivity index (χ1n) is 7.65. The molecule has 0 aliphatic carbocycles. The molecule has 25 heavy (non-hydrogen) atoms. The zero-order valence-electron chi connectivity index (χ0n) is 12.8. The van der Waals surface area contributed by atoms with Crippen LogP contribution in [0.15, 0.2) is 16.6 Å². The molecule has 1 atom stereocenters. The van der Waals surface area contributed by atoms with Crippen molar-refractivity contribution in [3.63, 3.8) is 0 Å². The van der Waals surface area contributed by atoms with E-state index < -0.39 is 6.43 Å². The molecule has 1 saturated heterocycles. The SMILES string of the molecule is FC(F)c1nnc(-c2nn(C3CCCCO3)c3c(Cl)cc(Br)cc23)s1. The second-order valence-corrected chi connectivity index (χ2v) is 7.98. The molecular formula is C15H12BrClF2N4OS. The molecular weight excluding hydrogens is 438 g/mol. The molecule has 1 aliphatic rings. The third-order valence-electron chi connectivity index (χ3n) is 3.98. The minimum atomic E-state index is -2.66. The van der Waals surface area contributed by atoms with Gasteiger partial charge in [0.15, 0.2) is 16.2 Å². The van der Waals surface area contributed by atoms with Crippen molar-refractivity contribution in [1.82, 2.24) is 20.0 Å². The molecule has 0 bridgehead atoms. The molecule has 3 heterocycles. The predicted octanol–water partition coefficient (Wildman–Crippen LogP) is 5.61. The summed E-state index contributed by atoms with van der Waals surface area (Å²) >= 11 is 10.7. The molecule has 0 N–H and O–H groups in total. The van der Waals surface area contributed by atoms with Gasteiger partial charge in [0, 0.05) is 16.5 Å². The van der Waals surface area contributed by atoms with Gasteiger partial charge in [0.05, 0.1) is 10.5 Å². The number of nitrogens with zero attached hydrogens (tertiary/aromatic N) is 4. The molecule has 132 valence electrons. The highest BCUT2D eigenvalue weighted by molar-refractivity contribution is 9.10. The number of ether oxygens (including phenoxy) is 1. The van der Waals surface area contributed by atoms with Crippen LogP contribution in [-0.4, -0.2) is 26.6 Å². The zero-order chi connectivity index (χ0) is 17.6. The average molecular weight is 450 g/mol. The standard InChI is InChI=1S/C15H12BrClF2N4OS/c16-7-5-8-11(14-20-21-15(25-14)13(18)19)22-23(12(8)9(17)6-7)10-3-1-2-4-24-10/h5-6,10,13H,1-4H2. The molecule has 0 saturated carbocycles. The number of halogens is 4. The molecule has 2 aromatic heterocycles. The highest BCUT2D eigenvalue weighted by Gasteiger charge is 2.26. The minimum Gasteiger partial charge on any atom is -0.356 e. The van der Waals surface area contributed by atoms with Crippen molar-refractivity contribution in [2.75, 3.05) is 6.61 Å². The van der Waals surface area contributed by atoms with E-state index >= 15 is 0 Å². The van der Waals surface area contributed by atoms with E-state index in [0.717, 1.165) is 40.5 Å². The van der Waals surface area contributed by atoms with Gasteiger partial charge in [0.1, 0.15) is 5.69 Å². The van der Waals surface area contributed by atoms with Crippen LogP contribution in [0, 0.1) is 0 Å². The zero-order valence-corrected chi connectivity index (χ0v) is 15.9.